The molecule has 6 heteroatoms. The van der Waals surface area contributed by atoms with Gasteiger partial charge in [0.2, 0.25) is 0 Å². The first-order valence-electron chi connectivity index (χ1n) is 5.56. The average molecular weight is 290 g/mol. The fourth-order valence-electron chi connectivity index (χ4n) is 1.17. The van der Waals surface area contributed by atoms with Gasteiger partial charge in [-0.1, -0.05) is 23.2 Å². The maximum Gasteiger partial charge on any atom is 0.190 e. The molecule has 0 spiro atoms. The van der Waals surface area contributed by atoms with Crippen LogP contribution in [0.15, 0.2) is 23.2 Å². The summed E-state index contributed by atoms with van der Waals surface area (Å²) in [4.78, 5) is 5.94. The molecule has 1 aromatic carbocycles. The van der Waals surface area contributed by atoms with E-state index in [-0.39, 0.29) is 0 Å². The molecule has 100 valence electrons. The maximum atomic E-state index is 5.97. The molecule has 0 radical (unpaired) electrons. The summed E-state index contributed by atoms with van der Waals surface area (Å²) in [5.74, 6) is 1.14. The van der Waals surface area contributed by atoms with Crippen LogP contribution in [0.4, 0.5) is 0 Å². The van der Waals surface area contributed by atoms with Crippen molar-refractivity contribution in [3.8, 4) is 5.75 Å². The first-order chi connectivity index (χ1) is 8.50. The summed E-state index contributed by atoms with van der Waals surface area (Å²) < 4.78 is 5.52. The summed E-state index contributed by atoms with van der Waals surface area (Å²) in [6.07, 6.45) is 0.771. The molecule has 1 aromatic rings. The standard InChI is InChI=1S/C12H17Cl2N3O/c1-17(2)12(15)16-6-3-7-18-11-5-4-9(13)8-10(11)14/h4-5,8H,3,6-7H2,1-2H3,(H2,15,16). The van der Waals surface area contributed by atoms with Crippen LogP contribution in [-0.2, 0) is 0 Å². The number of halogens is 2. The Morgan fingerprint density at radius 2 is 2.11 bits per heavy atom. The van der Waals surface area contributed by atoms with Crippen molar-refractivity contribution in [2.24, 2.45) is 10.7 Å². The Morgan fingerprint density at radius 1 is 1.39 bits per heavy atom. The van der Waals surface area contributed by atoms with Crippen molar-refractivity contribution in [3.63, 3.8) is 0 Å². The second kappa shape index (κ2) is 7.34. The van der Waals surface area contributed by atoms with E-state index in [2.05, 4.69) is 4.99 Å². The molecule has 0 unspecified atom stereocenters. The van der Waals surface area contributed by atoms with Crippen molar-refractivity contribution in [2.45, 2.75) is 6.42 Å². The Bertz CT molecular complexity index is 422. The zero-order chi connectivity index (χ0) is 13.5. The molecule has 0 saturated carbocycles. The van der Waals surface area contributed by atoms with Crippen molar-refractivity contribution in [1.29, 1.82) is 0 Å². The molecule has 0 bridgehead atoms. The minimum atomic E-state index is 0.513. The third-order valence-corrected chi connectivity index (χ3v) is 2.72. The number of guanidine groups is 1. The summed E-state index contributed by atoms with van der Waals surface area (Å²) in [6.45, 7) is 1.15. The van der Waals surface area contributed by atoms with Crippen LogP contribution in [-0.4, -0.2) is 38.1 Å². The fourth-order valence-corrected chi connectivity index (χ4v) is 1.64. The van der Waals surface area contributed by atoms with Gasteiger partial charge in [0.25, 0.3) is 0 Å². The van der Waals surface area contributed by atoms with Gasteiger partial charge in [0.15, 0.2) is 5.96 Å². The summed E-state index contributed by atoms with van der Waals surface area (Å²) in [6, 6.07) is 5.15. The van der Waals surface area contributed by atoms with Gasteiger partial charge < -0.3 is 15.4 Å². The van der Waals surface area contributed by atoms with Gasteiger partial charge in [-0.3, -0.25) is 4.99 Å². The summed E-state index contributed by atoms with van der Waals surface area (Å²) in [7, 11) is 3.70. The summed E-state index contributed by atoms with van der Waals surface area (Å²) in [5, 5.41) is 1.11. The molecule has 0 fully saturated rings. The zero-order valence-electron chi connectivity index (χ0n) is 10.5. The smallest absolute Gasteiger partial charge is 0.190 e. The van der Waals surface area contributed by atoms with E-state index in [1.165, 1.54) is 0 Å². The molecule has 4 nitrogen and oxygen atoms in total. The van der Waals surface area contributed by atoms with Crippen molar-refractivity contribution >= 4 is 29.2 Å². The largest absolute Gasteiger partial charge is 0.492 e. The number of aliphatic imine (C=N–C) groups is 1. The third kappa shape index (κ3) is 5.02. The van der Waals surface area contributed by atoms with E-state index in [1.54, 1.807) is 23.1 Å². The van der Waals surface area contributed by atoms with Gasteiger partial charge in [-0.25, -0.2) is 0 Å². The molecular formula is C12H17Cl2N3O. The first-order valence-corrected chi connectivity index (χ1v) is 6.31. The second-order valence-electron chi connectivity index (χ2n) is 3.91. The number of hydrogen-bond donors (Lipinski definition) is 1. The van der Waals surface area contributed by atoms with Crippen molar-refractivity contribution in [3.05, 3.63) is 28.2 Å². The number of rotatable bonds is 5. The zero-order valence-corrected chi connectivity index (χ0v) is 12.0. The molecule has 0 aliphatic carbocycles. The number of ether oxygens (including phenoxy) is 1. The number of nitrogens with zero attached hydrogens (tertiary/aromatic N) is 2. The van der Waals surface area contributed by atoms with Crippen LogP contribution in [0.3, 0.4) is 0 Å². The first kappa shape index (κ1) is 14.9. The van der Waals surface area contributed by atoms with Crippen LogP contribution in [0.1, 0.15) is 6.42 Å². The van der Waals surface area contributed by atoms with Crippen molar-refractivity contribution in [1.82, 2.24) is 4.90 Å². The molecule has 0 heterocycles. The van der Waals surface area contributed by atoms with Gasteiger partial charge in [0.1, 0.15) is 5.75 Å². The quantitative estimate of drug-likeness (QED) is 0.515. The highest BCUT2D eigenvalue weighted by atomic mass is 35.5. The van der Waals surface area contributed by atoms with Gasteiger partial charge in [-0.05, 0) is 18.2 Å². The monoisotopic (exact) mass is 289 g/mol. The Hall–Kier alpha value is -1.13. The Labute approximate surface area is 117 Å². The predicted molar refractivity (Wildman–Crippen MR) is 76.8 cm³/mol. The second-order valence-corrected chi connectivity index (χ2v) is 4.75. The van der Waals surface area contributed by atoms with E-state index in [9.17, 15) is 0 Å². The van der Waals surface area contributed by atoms with Crippen LogP contribution in [0, 0.1) is 0 Å². The third-order valence-electron chi connectivity index (χ3n) is 2.19. The van der Waals surface area contributed by atoms with Crippen LogP contribution >= 0.6 is 23.2 Å². The van der Waals surface area contributed by atoms with Crippen LogP contribution in [0.25, 0.3) is 0 Å². The van der Waals surface area contributed by atoms with Gasteiger partial charge in [0.05, 0.1) is 11.6 Å². The van der Waals surface area contributed by atoms with E-state index in [4.69, 9.17) is 33.7 Å². The highest BCUT2D eigenvalue weighted by Crippen LogP contribution is 2.27. The van der Waals surface area contributed by atoms with Crippen LogP contribution in [0.5, 0.6) is 5.75 Å². The van der Waals surface area contributed by atoms with E-state index in [0.717, 1.165) is 6.42 Å². The molecule has 0 atom stereocenters. The summed E-state index contributed by atoms with van der Waals surface area (Å²) >= 11 is 11.8. The van der Waals surface area contributed by atoms with E-state index >= 15 is 0 Å². The highest BCUT2D eigenvalue weighted by Gasteiger charge is 2.01. The van der Waals surface area contributed by atoms with Crippen molar-refractivity contribution in [2.75, 3.05) is 27.2 Å². The molecular weight excluding hydrogens is 273 g/mol. The van der Waals surface area contributed by atoms with Gasteiger partial charge in [-0.2, -0.15) is 0 Å². The highest BCUT2D eigenvalue weighted by molar-refractivity contribution is 6.35. The lowest BCUT2D eigenvalue weighted by molar-refractivity contribution is 0.313. The van der Waals surface area contributed by atoms with Crippen molar-refractivity contribution < 1.29 is 4.74 Å². The molecule has 0 amide bonds. The van der Waals surface area contributed by atoms with Crippen LogP contribution < -0.4 is 10.5 Å². The number of benzene rings is 1. The topological polar surface area (TPSA) is 50.8 Å². The molecule has 0 aliphatic heterocycles. The molecule has 1 rings (SSSR count). The number of hydrogen-bond acceptors (Lipinski definition) is 2. The van der Waals surface area contributed by atoms with Crippen LogP contribution in [0.2, 0.25) is 10.0 Å². The lowest BCUT2D eigenvalue weighted by Gasteiger charge is -2.10. The Kier molecular flexibility index (Phi) is 6.09. The fraction of sp³-hybridized carbons (Fsp3) is 0.417. The van der Waals surface area contributed by atoms with Gasteiger partial charge >= 0.3 is 0 Å². The Balaban J connectivity index is 2.32. The molecule has 2 N–H and O–H groups in total. The van der Waals surface area contributed by atoms with Gasteiger partial charge in [-0.15, -0.1) is 0 Å². The normalized spacial score (nSPS) is 11.4. The minimum Gasteiger partial charge on any atom is -0.492 e. The SMILES string of the molecule is CN(C)C(N)=NCCCOc1ccc(Cl)cc1Cl. The summed E-state index contributed by atoms with van der Waals surface area (Å²) in [5.41, 5.74) is 5.65. The molecule has 0 aromatic heterocycles. The maximum absolute atomic E-state index is 5.97. The minimum absolute atomic E-state index is 0.513. The molecule has 0 aliphatic rings. The average Bonchev–Trinajstić information content (AvgIpc) is 2.30. The van der Waals surface area contributed by atoms with E-state index in [0.29, 0.717) is 34.9 Å². The van der Waals surface area contributed by atoms with E-state index in [1.807, 2.05) is 14.1 Å². The molecule has 0 saturated heterocycles. The lowest BCUT2D eigenvalue weighted by atomic mass is 10.3. The lowest BCUT2D eigenvalue weighted by Crippen LogP contribution is -2.30. The Morgan fingerprint density at radius 3 is 2.72 bits per heavy atom. The van der Waals surface area contributed by atoms with E-state index < -0.39 is 0 Å². The van der Waals surface area contributed by atoms with Gasteiger partial charge in [0, 0.05) is 32.1 Å². The predicted octanol–water partition coefficient (Wildman–Crippen LogP) is 2.64. The number of nitrogens with two attached hydrogens (primary N) is 1. The molecule has 18 heavy (non-hydrogen) atoms.